The first kappa shape index (κ1) is 17.5. The average Bonchev–Trinajstić information content (AvgIpc) is 2.59. The first-order valence-electron chi connectivity index (χ1n) is 7.70. The zero-order chi connectivity index (χ0) is 16.9. The maximum atomic E-state index is 12.0. The minimum atomic E-state index is -0.371. The molecule has 124 valence electrons. The minimum Gasteiger partial charge on any atom is -0.481 e. The fourth-order valence-corrected chi connectivity index (χ4v) is 2.41. The van der Waals surface area contributed by atoms with Crippen molar-refractivity contribution in [2.45, 2.75) is 32.2 Å². The van der Waals surface area contributed by atoms with Gasteiger partial charge in [-0.2, -0.15) is 0 Å². The molecule has 3 N–H and O–H groups in total. The fourth-order valence-electron chi connectivity index (χ4n) is 2.20. The lowest BCUT2D eigenvalue weighted by atomic mass is 9.94. The van der Waals surface area contributed by atoms with Crippen molar-refractivity contribution < 1.29 is 9.53 Å². The molecule has 0 fully saturated rings. The van der Waals surface area contributed by atoms with Crippen LogP contribution in [0.1, 0.15) is 26.7 Å². The van der Waals surface area contributed by atoms with Gasteiger partial charge in [0.25, 0.3) is 5.91 Å². The number of ether oxygens (including phenoxy) is 1. The van der Waals surface area contributed by atoms with E-state index in [0.717, 1.165) is 18.2 Å². The Morgan fingerprint density at radius 2 is 2.09 bits per heavy atom. The highest BCUT2D eigenvalue weighted by molar-refractivity contribution is 6.35. The molecule has 1 heterocycles. The van der Waals surface area contributed by atoms with E-state index in [9.17, 15) is 4.79 Å². The van der Waals surface area contributed by atoms with E-state index in [1.165, 1.54) is 0 Å². The van der Waals surface area contributed by atoms with Crippen LogP contribution in [0.5, 0.6) is 5.75 Å². The topological polar surface area (TPSA) is 77.2 Å². The SMILES string of the molecule is CCC(N)(CC)CNC(=O)COc1ccc(Cl)c2cccnc12. The predicted octanol–water partition coefficient (Wildman–Crippen LogP) is 2.90. The molecule has 23 heavy (non-hydrogen) atoms. The summed E-state index contributed by atoms with van der Waals surface area (Å²) in [5.41, 5.74) is 6.43. The van der Waals surface area contributed by atoms with Gasteiger partial charge in [-0.05, 0) is 37.1 Å². The molecular formula is C17H22ClN3O2. The number of hydrogen-bond donors (Lipinski definition) is 2. The van der Waals surface area contributed by atoms with E-state index in [1.54, 1.807) is 24.4 Å². The second-order valence-electron chi connectivity index (χ2n) is 5.58. The number of hydrogen-bond acceptors (Lipinski definition) is 4. The largest absolute Gasteiger partial charge is 0.481 e. The van der Waals surface area contributed by atoms with Crippen LogP contribution in [0.4, 0.5) is 0 Å². The number of rotatable bonds is 7. The van der Waals surface area contributed by atoms with E-state index in [-0.39, 0.29) is 18.1 Å². The molecule has 5 nitrogen and oxygen atoms in total. The number of aromatic nitrogens is 1. The van der Waals surface area contributed by atoms with Gasteiger partial charge in [-0.15, -0.1) is 0 Å². The van der Waals surface area contributed by atoms with Gasteiger partial charge in [-0.1, -0.05) is 25.4 Å². The third kappa shape index (κ3) is 4.33. The van der Waals surface area contributed by atoms with E-state index < -0.39 is 0 Å². The first-order valence-corrected chi connectivity index (χ1v) is 8.08. The number of carbonyl (C=O) groups excluding carboxylic acids is 1. The van der Waals surface area contributed by atoms with Crippen LogP contribution in [0.15, 0.2) is 30.5 Å². The highest BCUT2D eigenvalue weighted by Gasteiger charge is 2.21. The quantitative estimate of drug-likeness (QED) is 0.815. The molecule has 1 aromatic heterocycles. The Hall–Kier alpha value is -1.85. The van der Waals surface area contributed by atoms with Crippen LogP contribution in [0.3, 0.4) is 0 Å². The third-order valence-electron chi connectivity index (χ3n) is 4.08. The Morgan fingerprint density at radius 3 is 2.78 bits per heavy atom. The molecule has 0 saturated heterocycles. The van der Waals surface area contributed by atoms with E-state index in [0.29, 0.717) is 22.8 Å². The molecule has 0 saturated carbocycles. The Labute approximate surface area is 141 Å². The van der Waals surface area contributed by atoms with Crippen LogP contribution in [0, 0.1) is 0 Å². The first-order chi connectivity index (χ1) is 11.0. The molecule has 0 radical (unpaired) electrons. The number of amides is 1. The lowest BCUT2D eigenvalue weighted by molar-refractivity contribution is -0.123. The summed E-state index contributed by atoms with van der Waals surface area (Å²) >= 11 is 6.13. The smallest absolute Gasteiger partial charge is 0.258 e. The maximum absolute atomic E-state index is 12.0. The van der Waals surface area contributed by atoms with Gasteiger partial charge in [0.1, 0.15) is 11.3 Å². The second-order valence-corrected chi connectivity index (χ2v) is 5.99. The maximum Gasteiger partial charge on any atom is 0.258 e. The Balaban J connectivity index is 1.99. The Kier molecular flexibility index (Phi) is 5.80. The van der Waals surface area contributed by atoms with Crippen molar-refractivity contribution in [3.8, 4) is 5.75 Å². The van der Waals surface area contributed by atoms with Crippen LogP contribution >= 0.6 is 11.6 Å². The highest BCUT2D eigenvalue weighted by Crippen LogP contribution is 2.29. The highest BCUT2D eigenvalue weighted by atomic mass is 35.5. The normalized spacial score (nSPS) is 11.5. The van der Waals surface area contributed by atoms with Crippen molar-refractivity contribution in [1.29, 1.82) is 0 Å². The van der Waals surface area contributed by atoms with Gasteiger partial charge in [0.2, 0.25) is 0 Å². The second kappa shape index (κ2) is 7.62. The molecule has 0 aliphatic carbocycles. The molecule has 1 aromatic carbocycles. The average molecular weight is 336 g/mol. The number of nitrogens with zero attached hydrogens (tertiary/aromatic N) is 1. The Morgan fingerprint density at radius 1 is 1.35 bits per heavy atom. The van der Waals surface area contributed by atoms with Crippen molar-refractivity contribution in [3.63, 3.8) is 0 Å². The lowest BCUT2D eigenvalue weighted by Crippen LogP contribution is -2.50. The van der Waals surface area contributed by atoms with Crippen molar-refractivity contribution in [2.75, 3.05) is 13.2 Å². The van der Waals surface area contributed by atoms with Gasteiger partial charge in [-0.25, -0.2) is 0 Å². The van der Waals surface area contributed by atoms with Gasteiger partial charge in [0.15, 0.2) is 6.61 Å². The summed E-state index contributed by atoms with van der Waals surface area (Å²) in [6.07, 6.45) is 3.27. The van der Waals surface area contributed by atoms with Crippen molar-refractivity contribution in [2.24, 2.45) is 5.73 Å². The minimum absolute atomic E-state index is 0.0865. The summed E-state index contributed by atoms with van der Waals surface area (Å²) in [5, 5.41) is 4.22. The fraction of sp³-hybridized carbons (Fsp3) is 0.412. The molecular weight excluding hydrogens is 314 g/mol. The zero-order valence-corrected chi connectivity index (χ0v) is 14.2. The van der Waals surface area contributed by atoms with Gasteiger partial charge in [0, 0.05) is 23.7 Å². The number of pyridine rings is 1. The molecule has 0 atom stereocenters. The van der Waals surface area contributed by atoms with Crippen LogP contribution in [0.2, 0.25) is 5.02 Å². The molecule has 6 heteroatoms. The summed E-state index contributed by atoms with van der Waals surface area (Å²) in [7, 11) is 0. The van der Waals surface area contributed by atoms with Crippen molar-refractivity contribution in [3.05, 3.63) is 35.5 Å². The van der Waals surface area contributed by atoms with Gasteiger partial charge >= 0.3 is 0 Å². The number of nitrogens with two attached hydrogens (primary N) is 1. The summed E-state index contributed by atoms with van der Waals surface area (Å²) in [5.74, 6) is 0.325. The van der Waals surface area contributed by atoms with Gasteiger partial charge < -0.3 is 15.8 Å². The lowest BCUT2D eigenvalue weighted by Gasteiger charge is -2.26. The molecule has 0 unspecified atom stereocenters. The number of fused-ring (bicyclic) bond motifs is 1. The molecule has 0 spiro atoms. The number of nitrogens with one attached hydrogen (secondary N) is 1. The summed E-state index contributed by atoms with van der Waals surface area (Å²) in [4.78, 5) is 16.2. The third-order valence-corrected chi connectivity index (χ3v) is 4.41. The van der Waals surface area contributed by atoms with E-state index in [1.807, 2.05) is 19.9 Å². The summed E-state index contributed by atoms with van der Waals surface area (Å²) in [6.45, 7) is 4.37. The van der Waals surface area contributed by atoms with E-state index >= 15 is 0 Å². The van der Waals surface area contributed by atoms with Gasteiger partial charge in [-0.3, -0.25) is 9.78 Å². The zero-order valence-electron chi connectivity index (χ0n) is 13.4. The molecule has 1 amide bonds. The van der Waals surface area contributed by atoms with Crippen molar-refractivity contribution in [1.82, 2.24) is 10.3 Å². The molecule has 2 rings (SSSR count). The molecule has 0 aliphatic heterocycles. The van der Waals surface area contributed by atoms with Crippen LogP contribution in [-0.2, 0) is 4.79 Å². The predicted molar refractivity (Wildman–Crippen MR) is 92.8 cm³/mol. The number of benzene rings is 1. The molecule has 2 aromatic rings. The van der Waals surface area contributed by atoms with Crippen LogP contribution in [0.25, 0.3) is 10.9 Å². The molecule has 0 bridgehead atoms. The standard InChI is InChI=1S/C17H22ClN3O2/c1-3-17(19,4-2)11-21-15(22)10-23-14-8-7-13(18)12-6-5-9-20-16(12)14/h5-9H,3-4,10-11,19H2,1-2H3,(H,21,22). The van der Waals surface area contributed by atoms with Gasteiger partial charge in [0.05, 0.1) is 5.02 Å². The summed E-state index contributed by atoms with van der Waals surface area (Å²) in [6, 6.07) is 7.12. The number of halogens is 1. The van der Waals surface area contributed by atoms with Crippen molar-refractivity contribution >= 4 is 28.4 Å². The number of carbonyl (C=O) groups is 1. The van der Waals surface area contributed by atoms with Crippen LogP contribution in [-0.4, -0.2) is 29.6 Å². The molecule has 0 aliphatic rings. The van der Waals surface area contributed by atoms with E-state index in [2.05, 4.69) is 10.3 Å². The Bertz CT molecular complexity index is 687. The van der Waals surface area contributed by atoms with E-state index in [4.69, 9.17) is 22.1 Å². The van der Waals surface area contributed by atoms with Crippen LogP contribution < -0.4 is 15.8 Å². The summed E-state index contributed by atoms with van der Waals surface area (Å²) < 4.78 is 5.59. The monoisotopic (exact) mass is 335 g/mol.